The number of carboxylic acid groups (broad SMARTS) is 2. The molecule has 23 heavy (non-hydrogen) atoms. The van der Waals surface area contributed by atoms with E-state index in [9.17, 15) is 19.7 Å². The molecule has 0 aliphatic carbocycles. The largest absolute Gasteiger partial charge is 0.478 e. The maximum absolute atomic E-state index is 10.6. The van der Waals surface area contributed by atoms with Crippen molar-refractivity contribution in [2.24, 2.45) is 5.73 Å². The van der Waals surface area contributed by atoms with Crippen molar-refractivity contribution < 1.29 is 24.7 Å². The van der Waals surface area contributed by atoms with Gasteiger partial charge in [0.1, 0.15) is 0 Å². The molecule has 124 valence electrons. The summed E-state index contributed by atoms with van der Waals surface area (Å²) >= 11 is 0. The van der Waals surface area contributed by atoms with Crippen molar-refractivity contribution in [3.05, 3.63) is 46.0 Å². The van der Waals surface area contributed by atoms with E-state index < -0.39 is 11.9 Å². The van der Waals surface area contributed by atoms with Crippen LogP contribution in [0, 0.1) is 10.1 Å². The van der Waals surface area contributed by atoms with Crippen molar-refractivity contribution in [2.75, 3.05) is 24.5 Å². The van der Waals surface area contributed by atoms with E-state index in [0.29, 0.717) is 18.7 Å². The fourth-order valence-corrected chi connectivity index (χ4v) is 2.08. The number of aliphatic carboxylic acids is 2. The van der Waals surface area contributed by atoms with E-state index >= 15 is 0 Å². The number of fused-ring (bicyclic) bond motifs is 1. The number of nitrogens with two attached hydrogens (primary N) is 1. The van der Waals surface area contributed by atoms with E-state index in [4.69, 9.17) is 15.9 Å². The molecule has 1 heterocycles. The molecular formula is C14H17N3O6. The van der Waals surface area contributed by atoms with E-state index in [1.807, 2.05) is 6.07 Å². The molecule has 0 atom stereocenters. The summed E-state index contributed by atoms with van der Waals surface area (Å²) in [7, 11) is 0. The molecule has 0 aromatic heterocycles. The molecule has 0 amide bonds. The first-order valence-electron chi connectivity index (χ1n) is 6.71. The van der Waals surface area contributed by atoms with Crippen LogP contribution in [0.5, 0.6) is 0 Å². The highest BCUT2D eigenvalue weighted by molar-refractivity contribution is 5.89. The van der Waals surface area contributed by atoms with Gasteiger partial charge in [0.2, 0.25) is 0 Å². The number of carbonyl (C=O) groups is 2. The molecule has 1 aliphatic heterocycles. The van der Waals surface area contributed by atoms with Crippen LogP contribution in [-0.2, 0) is 16.0 Å². The number of nitrogens with zero attached hydrogens (tertiary/aromatic N) is 2. The lowest BCUT2D eigenvalue weighted by atomic mass is 10.1. The Morgan fingerprint density at radius 1 is 1.30 bits per heavy atom. The van der Waals surface area contributed by atoms with Gasteiger partial charge < -0.3 is 20.8 Å². The number of nitro groups is 1. The van der Waals surface area contributed by atoms with Gasteiger partial charge in [-0.15, -0.1) is 0 Å². The van der Waals surface area contributed by atoms with Crippen LogP contribution >= 0.6 is 0 Å². The van der Waals surface area contributed by atoms with Gasteiger partial charge in [0.05, 0.1) is 4.92 Å². The number of anilines is 1. The highest BCUT2D eigenvalue weighted by atomic mass is 16.6. The zero-order valence-corrected chi connectivity index (χ0v) is 12.2. The topological polar surface area (TPSA) is 147 Å². The standard InChI is InChI=1S/C10H13N3O2.C4H4O4/c11-4-6-12-5-3-8-1-2-9(13(14)15)7-10(8)12;5-3(6)1-2-4(7)8/h1-2,7H,3-6,11H2;1-2H,(H,5,6)(H,7,8). The van der Waals surface area contributed by atoms with Crippen LogP contribution < -0.4 is 10.6 Å². The van der Waals surface area contributed by atoms with Gasteiger partial charge in [0, 0.05) is 49.6 Å². The Balaban J connectivity index is 0.000000284. The third kappa shape index (κ3) is 5.75. The molecule has 0 fully saturated rings. The van der Waals surface area contributed by atoms with Gasteiger partial charge in [0.25, 0.3) is 5.69 Å². The molecule has 0 spiro atoms. The molecule has 0 unspecified atom stereocenters. The molecular weight excluding hydrogens is 306 g/mol. The Morgan fingerprint density at radius 3 is 2.39 bits per heavy atom. The number of hydrogen-bond acceptors (Lipinski definition) is 6. The molecule has 1 aromatic rings. The Morgan fingerprint density at radius 2 is 1.91 bits per heavy atom. The van der Waals surface area contributed by atoms with Crippen molar-refractivity contribution >= 4 is 23.3 Å². The quantitative estimate of drug-likeness (QED) is 0.406. The smallest absolute Gasteiger partial charge is 0.328 e. The zero-order valence-electron chi connectivity index (χ0n) is 12.2. The number of rotatable bonds is 5. The summed E-state index contributed by atoms with van der Waals surface area (Å²) in [5.74, 6) is -2.51. The minimum atomic E-state index is -1.26. The minimum absolute atomic E-state index is 0.151. The Kier molecular flexibility index (Phi) is 6.68. The van der Waals surface area contributed by atoms with Crippen LogP contribution in [0.25, 0.3) is 0 Å². The first-order chi connectivity index (χ1) is 10.8. The van der Waals surface area contributed by atoms with Gasteiger partial charge in [-0.05, 0) is 12.0 Å². The highest BCUT2D eigenvalue weighted by Crippen LogP contribution is 2.31. The van der Waals surface area contributed by atoms with Crippen LogP contribution in [0.2, 0.25) is 0 Å². The second-order valence-electron chi connectivity index (χ2n) is 4.61. The summed E-state index contributed by atoms with van der Waals surface area (Å²) in [6.07, 6.45) is 2.07. The van der Waals surface area contributed by atoms with Crippen molar-refractivity contribution in [1.29, 1.82) is 0 Å². The SMILES string of the molecule is NCCN1CCc2ccc([N+](=O)[O-])cc21.O=C(O)C=CC(=O)O. The second kappa shape index (κ2) is 8.49. The van der Waals surface area contributed by atoms with Crippen LogP contribution in [0.4, 0.5) is 11.4 Å². The molecule has 0 saturated heterocycles. The summed E-state index contributed by atoms with van der Waals surface area (Å²) in [6.45, 7) is 2.24. The number of hydrogen-bond donors (Lipinski definition) is 3. The van der Waals surface area contributed by atoms with E-state index in [1.165, 1.54) is 5.56 Å². The molecule has 0 bridgehead atoms. The molecule has 0 radical (unpaired) electrons. The normalized spacial score (nSPS) is 12.5. The average molecular weight is 323 g/mol. The van der Waals surface area contributed by atoms with Crippen molar-refractivity contribution in [3.8, 4) is 0 Å². The van der Waals surface area contributed by atoms with Crippen molar-refractivity contribution in [1.82, 2.24) is 0 Å². The molecule has 4 N–H and O–H groups in total. The predicted octanol–water partition coefficient (Wildman–Crippen LogP) is 0.628. The van der Waals surface area contributed by atoms with Gasteiger partial charge in [0.15, 0.2) is 0 Å². The second-order valence-corrected chi connectivity index (χ2v) is 4.61. The van der Waals surface area contributed by atoms with Crippen molar-refractivity contribution in [2.45, 2.75) is 6.42 Å². The number of nitro benzene ring substituents is 1. The summed E-state index contributed by atoms with van der Waals surface area (Å²) in [4.78, 5) is 31.5. The van der Waals surface area contributed by atoms with Gasteiger partial charge in [-0.2, -0.15) is 0 Å². The Hall–Kier alpha value is -2.94. The van der Waals surface area contributed by atoms with E-state index in [2.05, 4.69) is 4.90 Å². The predicted molar refractivity (Wildman–Crippen MR) is 82.5 cm³/mol. The third-order valence-corrected chi connectivity index (χ3v) is 3.04. The molecule has 9 nitrogen and oxygen atoms in total. The molecule has 9 heteroatoms. The van der Waals surface area contributed by atoms with E-state index in [0.717, 1.165) is 25.2 Å². The van der Waals surface area contributed by atoms with Gasteiger partial charge in [-0.1, -0.05) is 6.07 Å². The summed E-state index contributed by atoms with van der Waals surface area (Å²) in [6, 6.07) is 5.03. The summed E-state index contributed by atoms with van der Waals surface area (Å²) < 4.78 is 0. The molecule has 1 aliphatic rings. The Bertz CT molecular complexity index is 611. The minimum Gasteiger partial charge on any atom is -0.478 e. The maximum atomic E-state index is 10.6. The lowest BCUT2D eigenvalue weighted by molar-refractivity contribution is -0.384. The average Bonchev–Trinajstić information content (AvgIpc) is 2.88. The first-order valence-corrected chi connectivity index (χ1v) is 6.71. The maximum Gasteiger partial charge on any atom is 0.328 e. The van der Waals surface area contributed by atoms with Gasteiger partial charge in [-0.25, -0.2) is 9.59 Å². The van der Waals surface area contributed by atoms with Gasteiger partial charge in [-0.3, -0.25) is 10.1 Å². The lowest BCUT2D eigenvalue weighted by Gasteiger charge is -2.17. The Labute approximate surface area is 131 Å². The zero-order chi connectivity index (χ0) is 17.4. The number of carboxylic acids is 2. The van der Waals surface area contributed by atoms with E-state index in [1.54, 1.807) is 12.1 Å². The molecule has 1 aromatic carbocycles. The number of benzene rings is 1. The van der Waals surface area contributed by atoms with Gasteiger partial charge >= 0.3 is 11.9 Å². The molecule has 2 rings (SSSR count). The summed E-state index contributed by atoms with van der Waals surface area (Å²) in [5.41, 5.74) is 7.78. The monoisotopic (exact) mass is 323 g/mol. The van der Waals surface area contributed by atoms with Crippen LogP contribution in [-0.4, -0.2) is 46.7 Å². The lowest BCUT2D eigenvalue weighted by Crippen LogP contribution is -2.27. The fourth-order valence-electron chi connectivity index (χ4n) is 2.08. The van der Waals surface area contributed by atoms with Crippen LogP contribution in [0.3, 0.4) is 0 Å². The summed E-state index contributed by atoms with van der Waals surface area (Å²) in [5, 5.41) is 26.3. The number of non-ortho nitro benzene ring substituents is 1. The van der Waals surface area contributed by atoms with Crippen LogP contribution in [0.15, 0.2) is 30.4 Å². The molecule has 0 saturated carbocycles. The van der Waals surface area contributed by atoms with Crippen LogP contribution in [0.1, 0.15) is 5.56 Å². The third-order valence-electron chi connectivity index (χ3n) is 3.04. The van der Waals surface area contributed by atoms with E-state index in [-0.39, 0.29) is 10.6 Å². The highest BCUT2D eigenvalue weighted by Gasteiger charge is 2.20. The fraction of sp³-hybridized carbons (Fsp3) is 0.286. The first kappa shape index (κ1) is 18.1. The van der Waals surface area contributed by atoms with Crippen molar-refractivity contribution in [3.63, 3.8) is 0 Å².